The third kappa shape index (κ3) is 4.25. The number of aliphatic carboxylic acids is 1. The van der Waals surface area contributed by atoms with E-state index in [1.165, 1.54) is 19.3 Å². The van der Waals surface area contributed by atoms with Crippen molar-refractivity contribution < 1.29 is 9.90 Å². The van der Waals surface area contributed by atoms with Gasteiger partial charge in [0.2, 0.25) is 0 Å². The molecule has 0 saturated carbocycles. The van der Waals surface area contributed by atoms with Crippen LogP contribution in [0.2, 0.25) is 0 Å². The Morgan fingerprint density at radius 3 is 2.78 bits per heavy atom. The Kier molecular flexibility index (Phi) is 6.09. The molecule has 0 aliphatic carbocycles. The second-order valence-electron chi connectivity index (χ2n) is 5.72. The number of nitrogens with one attached hydrogen (secondary N) is 1. The van der Waals surface area contributed by atoms with Crippen LogP contribution in [0.25, 0.3) is 0 Å². The largest absolute Gasteiger partial charge is 0.480 e. The molecule has 0 amide bonds. The van der Waals surface area contributed by atoms with E-state index in [-0.39, 0.29) is 0 Å². The summed E-state index contributed by atoms with van der Waals surface area (Å²) in [6.07, 6.45) is 4.64. The highest BCUT2D eigenvalue weighted by molar-refractivity contribution is 5.78. The third-order valence-corrected chi connectivity index (χ3v) is 3.96. The van der Waals surface area contributed by atoms with Crippen molar-refractivity contribution in [1.82, 2.24) is 10.2 Å². The van der Waals surface area contributed by atoms with E-state index in [9.17, 15) is 9.90 Å². The molecule has 18 heavy (non-hydrogen) atoms. The fourth-order valence-corrected chi connectivity index (χ4v) is 2.68. The minimum atomic E-state index is -0.814. The van der Waals surface area contributed by atoms with Crippen LogP contribution in [0.1, 0.15) is 46.5 Å². The zero-order chi connectivity index (χ0) is 13.6. The van der Waals surface area contributed by atoms with Gasteiger partial charge in [-0.15, -0.1) is 0 Å². The lowest BCUT2D eigenvalue weighted by molar-refractivity contribution is -0.145. The Hall–Kier alpha value is -0.610. The summed E-state index contributed by atoms with van der Waals surface area (Å²) in [7, 11) is 0. The average molecular weight is 256 g/mol. The monoisotopic (exact) mass is 256 g/mol. The molecule has 0 radical (unpaired) electrons. The Labute approximate surface area is 111 Å². The van der Waals surface area contributed by atoms with E-state index in [1.54, 1.807) is 6.92 Å². The van der Waals surface area contributed by atoms with Crippen LogP contribution in [0.3, 0.4) is 0 Å². The molecule has 1 aliphatic rings. The summed E-state index contributed by atoms with van der Waals surface area (Å²) in [5, 5.41) is 12.6. The van der Waals surface area contributed by atoms with Gasteiger partial charge in [-0.1, -0.05) is 20.3 Å². The second-order valence-corrected chi connectivity index (χ2v) is 5.72. The maximum Gasteiger partial charge on any atom is 0.324 e. The van der Waals surface area contributed by atoms with Crippen molar-refractivity contribution >= 4 is 5.97 Å². The van der Waals surface area contributed by atoms with Gasteiger partial charge in [-0.25, -0.2) is 0 Å². The standard InChI is InChI=1S/C14H28N2O2/c1-4-8-15-14(3,13(17)18)11-16-9-6-7-12(5-2)10-16/h12,15H,4-11H2,1-3H3,(H,17,18). The molecule has 2 N–H and O–H groups in total. The molecule has 1 aliphatic heterocycles. The van der Waals surface area contributed by atoms with E-state index >= 15 is 0 Å². The molecule has 0 aromatic rings. The molecular formula is C14H28N2O2. The SMILES string of the molecule is CCCNC(C)(CN1CCCC(CC)C1)C(=O)O. The van der Waals surface area contributed by atoms with Gasteiger partial charge in [0, 0.05) is 13.1 Å². The number of carboxylic acid groups (broad SMARTS) is 1. The fraction of sp³-hybridized carbons (Fsp3) is 0.929. The van der Waals surface area contributed by atoms with Gasteiger partial charge < -0.3 is 15.3 Å². The number of likely N-dealkylation sites (tertiary alicyclic amines) is 1. The summed E-state index contributed by atoms with van der Waals surface area (Å²) >= 11 is 0. The number of carboxylic acids is 1. The summed E-state index contributed by atoms with van der Waals surface area (Å²) in [6.45, 7) is 9.54. The minimum Gasteiger partial charge on any atom is -0.480 e. The van der Waals surface area contributed by atoms with Crippen molar-refractivity contribution in [2.45, 2.75) is 52.0 Å². The Morgan fingerprint density at radius 2 is 2.22 bits per heavy atom. The van der Waals surface area contributed by atoms with Crippen LogP contribution in [-0.2, 0) is 4.79 Å². The van der Waals surface area contributed by atoms with Gasteiger partial charge in [-0.2, -0.15) is 0 Å². The van der Waals surface area contributed by atoms with Gasteiger partial charge in [-0.05, 0) is 45.2 Å². The predicted octanol–water partition coefficient (Wildman–Crippen LogP) is 1.95. The lowest BCUT2D eigenvalue weighted by Crippen LogP contribution is -2.58. The van der Waals surface area contributed by atoms with E-state index < -0.39 is 11.5 Å². The molecule has 1 heterocycles. The fourth-order valence-electron chi connectivity index (χ4n) is 2.68. The van der Waals surface area contributed by atoms with Gasteiger partial charge >= 0.3 is 5.97 Å². The molecular weight excluding hydrogens is 228 g/mol. The van der Waals surface area contributed by atoms with Crippen LogP contribution in [0.4, 0.5) is 0 Å². The van der Waals surface area contributed by atoms with Crippen molar-refractivity contribution in [3.8, 4) is 0 Å². The molecule has 0 bridgehead atoms. The Balaban J connectivity index is 2.57. The molecule has 1 saturated heterocycles. The van der Waals surface area contributed by atoms with E-state index in [2.05, 4.69) is 24.1 Å². The maximum atomic E-state index is 11.5. The average Bonchev–Trinajstić information content (AvgIpc) is 2.36. The number of piperidine rings is 1. The highest BCUT2D eigenvalue weighted by Gasteiger charge is 2.35. The first kappa shape index (κ1) is 15.4. The van der Waals surface area contributed by atoms with Crippen LogP contribution in [0.5, 0.6) is 0 Å². The first-order chi connectivity index (χ1) is 8.51. The van der Waals surface area contributed by atoms with Gasteiger partial charge in [0.1, 0.15) is 5.54 Å². The van der Waals surface area contributed by atoms with Crippen molar-refractivity contribution in [2.75, 3.05) is 26.2 Å². The highest BCUT2D eigenvalue weighted by atomic mass is 16.4. The van der Waals surface area contributed by atoms with Crippen LogP contribution in [0, 0.1) is 5.92 Å². The molecule has 2 atom stereocenters. The van der Waals surface area contributed by atoms with Gasteiger partial charge in [0.15, 0.2) is 0 Å². The summed E-state index contributed by atoms with van der Waals surface area (Å²) < 4.78 is 0. The number of hydrogen-bond donors (Lipinski definition) is 2. The summed E-state index contributed by atoms with van der Waals surface area (Å²) in [5.74, 6) is -0.00228. The third-order valence-electron chi connectivity index (χ3n) is 3.96. The number of rotatable bonds is 7. The normalized spacial score (nSPS) is 24.7. The number of hydrogen-bond acceptors (Lipinski definition) is 3. The summed E-state index contributed by atoms with van der Waals surface area (Å²) in [6, 6.07) is 0. The second kappa shape index (κ2) is 7.10. The van der Waals surface area contributed by atoms with E-state index in [0.29, 0.717) is 6.54 Å². The van der Waals surface area contributed by atoms with E-state index in [0.717, 1.165) is 32.0 Å². The number of carbonyl (C=O) groups is 1. The Bertz CT molecular complexity index is 271. The maximum absolute atomic E-state index is 11.5. The van der Waals surface area contributed by atoms with Crippen LogP contribution in [-0.4, -0.2) is 47.7 Å². The molecule has 1 fully saturated rings. The van der Waals surface area contributed by atoms with Crippen LogP contribution < -0.4 is 5.32 Å². The topological polar surface area (TPSA) is 52.6 Å². The van der Waals surface area contributed by atoms with E-state index in [4.69, 9.17) is 0 Å². The summed E-state index contributed by atoms with van der Waals surface area (Å²) in [5.41, 5.74) is -0.814. The van der Waals surface area contributed by atoms with Crippen molar-refractivity contribution in [3.05, 3.63) is 0 Å². The van der Waals surface area contributed by atoms with Crippen molar-refractivity contribution in [2.24, 2.45) is 5.92 Å². The van der Waals surface area contributed by atoms with Crippen molar-refractivity contribution in [3.63, 3.8) is 0 Å². The van der Waals surface area contributed by atoms with Crippen LogP contribution in [0.15, 0.2) is 0 Å². The van der Waals surface area contributed by atoms with Crippen molar-refractivity contribution in [1.29, 1.82) is 0 Å². The Morgan fingerprint density at radius 1 is 1.50 bits per heavy atom. The lowest BCUT2D eigenvalue weighted by atomic mass is 9.93. The molecule has 4 nitrogen and oxygen atoms in total. The van der Waals surface area contributed by atoms with Gasteiger partial charge in [0.05, 0.1) is 0 Å². The molecule has 1 rings (SSSR count). The van der Waals surface area contributed by atoms with Gasteiger partial charge in [-0.3, -0.25) is 4.79 Å². The lowest BCUT2D eigenvalue weighted by Gasteiger charge is -2.38. The highest BCUT2D eigenvalue weighted by Crippen LogP contribution is 2.21. The van der Waals surface area contributed by atoms with E-state index in [1.807, 2.05) is 0 Å². The molecule has 2 unspecified atom stereocenters. The minimum absolute atomic E-state index is 0.610. The smallest absolute Gasteiger partial charge is 0.324 e. The number of nitrogens with zero attached hydrogens (tertiary/aromatic N) is 1. The first-order valence-electron chi connectivity index (χ1n) is 7.22. The molecule has 0 aromatic heterocycles. The van der Waals surface area contributed by atoms with Crippen LogP contribution >= 0.6 is 0 Å². The molecule has 106 valence electrons. The summed E-state index contributed by atoms with van der Waals surface area (Å²) in [4.78, 5) is 13.8. The quantitative estimate of drug-likeness (QED) is 0.731. The predicted molar refractivity (Wildman–Crippen MR) is 73.8 cm³/mol. The molecule has 4 heteroatoms. The molecule has 0 aromatic carbocycles. The van der Waals surface area contributed by atoms with Gasteiger partial charge in [0.25, 0.3) is 0 Å². The first-order valence-corrected chi connectivity index (χ1v) is 7.22. The molecule has 0 spiro atoms. The zero-order valence-corrected chi connectivity index (χ0v) is 12.0. The zero-order valence-electron chi connectivity index (χ0n) is 12.0.